The third-order valence-electron chi connectivity index (χ3n) is 4.69. The molecule has 2 aromatic rings. The quantitative estimate of drug-likeness (QED) is 0.570. The molecular weight excluding hydrogens is 298 g/mol. The highest BCUT2D eigenvalue weighted by atomic mass is 16.4. The molecule has 0 unspecified atom stereocenters. The van der Waals surface area contributed by atoms with Crippen molar-refractivity contribution in [1.82, 2.24) is 4.57 Å². The number of carbonyl (C=O) groups is 1. The third-order valence-corrected chi connectivity index (χ3v) is 4.69. The van der Waals surface area contributed by atoms with E-state index >= 15 is 0 Å². The van der Waals surface area contributed by atoms with Crippen molar-refractivity contribution in [2.75, 3.05) is 0 Å². The number of benzene rings is 1. The van der Waals surface area contributed by atoms with Crippen LogP contribution in [0.2, 0.25) is 0 Å². The largest absolute Gasteiger partial charge is 0.478 e. The minimum absolute atomic E-state index is 0.559. The molecule has 1 N–H and O–H groups in total. The minimum Gasteiger partial charge on any atom is -0.478 e. The van der Waals surface area contributed by atoms with E-state index in [2.05, 4.69) is 42.8 Å². The number of aromatic nitrogens is 1. The average Bonchev–Trinajstić information content (AvgIpc) is 2.97. The number of aliphatic carboxylic acids is 1. The van der Waals surface area contributed by atoms with Gasteiger partial charge >= 0.3 is 5.97 Å². The lowest BCUT2D eigenvalue weighted by atomic mass is 10.0. The van der Waals surface area contributed by atoms with Crippen molar-refractivity contribution in [3.05, 3.63) is 42.1 Å². The molecular formula is C21H29NO2. The van der Waals surface area contributed by atoms with Crippen LogP contribution in [0.4, 0.5) is 0 Å². The highest BCUT2D eigenvalue weighted by Crippen LogP contribution is 2.29. The van der Waals surface area contributed by atoms with E-state index in [1.807, 2.05) is 13.0 Å². The highest BCUT2D eigenvalue weighted by molar-refractivity contribution is 5.91. The molecule has 2 rings (SSSR count). The normalized spacial score (nSPS) is 12.2. The first-order valence-corrected chi connectivity index (χ1v) is 9.09. The molecule has 1 aromatic carbocycles. The molecule has 3 nitrogen and oxygen atoms in total. The van der Waals surface area contributed by atoms with Gasteiger partial charge in [0.1, 0.15) is 0 Å². The van der Waals surface area contributed by atoms with Crippen molar-refractivity contribution in [2.24, 2.45) is 0 Å². The van der Waals surface area contributed by atoms with Crippen LogP contribution in [0.5, 0.6) is 0 Å². The predicted molar refractivity (Wildman–Crippen MR) is 101 cm³/mol. The molecule has 24 heavy (non-hydrogen) atoms. The van der Waals surface area contributed by atoms with E-state index in [1.54, 1.807) is 0 Å². The number of nitrogens with zero attached hydrogens (tertiary/aromatic N) is 1. The van der Waals surface area contributed by atoms with Crippen molar-refractivity contribution < 1.29 is 9.90 Å². The fourth-order valence-electron chi connectivity index (χ4n) is 3.30. The standard InChI is InChI=1S/C21H29NO2/c1-4-6-8-19(9-7-5-2)22-13-12-18-15-17(10-11-20(18)22)16(3)14-21(23)24/h10-15,19H,4-9H2,1-3H3,(H,23,24)/b16-14+. The summed E-state index contributed by atoms with van der Waals surface area (Å²) in [6, 6.07) is 8.97. The van der Waals surface area contributed by atoms with Crippen LogP contribution in [-0.2, 0) is 4.79 Å². The summed E-state index contributed by atoms with van der Waals surface area (Å²) in [6.45, 7) is 6.33. The second kappa shape index (κ2) is 8.72. The van der Waals surface area contributed by atoms with Gasteiger partial charge in [0.2, 0.25) is 0 Å². The van der Waals surface area contributed by atoms with Gasteiger partial charge < -0.3 is 9.67 Å². The smallest absolute Gasteiger partial charge is 0.328 e. The van der Waals surface area contributed by atoms with Gasteiger partial charge in [-0.25, -0.2) is 4.79 Å². The zero-order chi connectivity index (χ0) is 17.5. The van der Waals surface area contributed by atoms with Crippen LogP contribution in [0.1, 0.15) is 70.9 Å². The molecule has 0 spiro atoms. The Morgan fingerprint density at radius 1 is 1.17 bits per heavy atom. The molecule has 0 atom stereocenters. The van der Waals surface area contributed by atoms with Crippen molar-refractivity contribution in [3.8, 4) is 0 Å². The lowest BCUT2D eigenvalue weighted by Gasteiger charge is -2.20. The van der Waals surface area contributed by atoms with Crippen molar-refractivity contribution in [2.45, 2.75) is 65.3 Å². The minimum atomic E-state index is -0.899. The highest BCUT2D eigenvalue weighted by Gasteiger charge is 2.13. The summed E-state index contributed by atoms with van der Waals surface area (Å²) in [5, 5.41) is 10.1. The van der Waals surface area contributed by atoms with Gasteiger partial charge in [0.25, 0.3) is 0 Å². The van der Waals surface area contributed by atoms with E-state index in [0.717, 1.165) is 11.1 Å². The summed E-state index contributed by atoms with van der Waals surface area (Å²) in [6.07, 6.45) is 10.9. The number of rotatable bonds is 9. The topological polar surface area (TPSA) is 42.2 Å². The number of hydrogen-bond acceptors (Lipinski definition) is 1. The zero-order valence-electron chi connectivity index (χ0n) is 15.1. The molecule has 1 aromatic heterocycles. The molecule has 0 fully saturated rings. The Morgan fingerprint density at radius 3 is 2.42 bits per heavy atom. The molecule has 0 amide bonds. The first-order chi connectivity index (χ1) is 11.6. The number of carboxylic acid groups (broad SMARTS) is 1. The van der Waals surface area contributed by atoms with Crippen molar-refractivity contribution in [1.29, 1.82) is 0 Å². The van der Waals surface area contributed by atoms with Gasteiger partial charge in [0.15, 0.2) is 0 Å². The molecule has 0 bridgehead atoms. The molecule has 3 heteroatoms. The second-order valence-electron chi connectivity index (χ2n) is 6.60. The Labute approximate surface area is 145 Å². The number of fused-ring (bicyclic) bond motifs is 1. The van der Waals surface area contributed by atoms with E-state index in [-0.39, 0.29) is 0 Å². The van der Waals surface area contributed by atoms with E-state index in [4.69, 9.17) is 5.11 Å². The average molecular weight is 327 g/mol. The number of unbranched alkanes of at least 4 members (excludes halogenated alkanes) is 2. The maximum Gasteiger partial charge on any atom is 0.328 e. The SMILES string of the molecule is CCCCC(CCCC)n1ccc2cc(/C(C)=C/C(=O)O)ccc21. The van der Waals surface area contributed by atoms with Crippen LogP contribution in [0.3, 0.4) is 0 Å². The lowest BCUT2D eigenvalue weighted by molar-refractivity contribution is -0.131. The zero-order valence-corrected chi connectivity index (χ0v) is 15.1. The maximum absolute atomic E-state index is 10.9. The molecule has 130 valence electrons. The lowest BCUT2D eigenvalue weighted by Crippen LogP contribution is -2.08. The fourth-order valence-corrected chi connectivity index (χ4v) is 3.30. The summed E-state index contributed by atoms with van der Waals surface area (Å²) in [7, 11) is 0. The van der Waals surface area contributed by atoms with Gasteiger partial charge in [-0.3, -0.25) is 0 Å². The Balaban J connectivity index is 2.33. The molecule has 0 saturated carbocycles. The van der Waals surface area contributed by atoms with Gasteiger partial charge in [-0.2, -0.15) is 0 Å². The van der Waals surface area contributed by atoms with Crippen molar-refractivity contribution in [3.63, 3.8) is 0 Å². The summed E-state index contributed by atoms with van der Waals surface area (Å²) in [5.74, 6) is -0.899. The molecule has 0 radical (unpaired) electrons. The van der Waals surface area contributed by atoms with Crippen LogP contribution in [0, 0.1) is 0 Å². The number of carboxylic acids is 1. The van der Waals surface area contributed by atoms with Crippen LogP contribution in [-0.4, -0.2) is 15.6 Å². The van der Waals surface area contributed by atoms with Crippen LogP contribution in [0.15, 0.2) is 36.5 Å². The number of allylic oxidation sites excluding steroid dienone is 1. The predicted octanol–water partition coefficient (Wildman–Crippen LogP) is 6.05. The summed E-state index contributed by atoms with van der Waals surface area (Å²) in [4.78, 5) is 10.9. The van der Waals surface area contributed by atoms with Gasteiger partial charge in [0.05, 0.1) is 0 Å². The van der Waals surface area contributed by atoms with E-state index in [0.29, 0.717) is 6.04 Å². The van der Waals surface area contributed by atoms with Gasteiger partial charge in [-0.1, -0.05) is 45.6 Å². The van der Waals surface area contributed by atoms with E-state index in [1.165, 1.54) is 55.5 Å². The summed E-state index contributed by atoms with van der Waals surface area (Å²) >= 11 is 0. The third kappa shape index (κ3) is 4.50. The Kier molecular flexibility index (Phi) is 6.65. The van der Waals surface area contributed by atoms with Gasteiger partial charge in [-0.15, -0.1) is 0 Å². The van der Waals surface area contributed by atoms with Gasteiger partial charge in [-0.05, 0) is 49.1 Å². The monoisotopic (exact) mass is 327 g/mol. The molecule has 0 aliphatic carbocycles. The Hall–Kier alpha value is -2.03. The first-order valence-electron chi connectivity index (χ1n) is 9.09. The molecule has 0 aliphatic rings. The first kappa shape index (κ1) is 18.3. The number of hydrogen-bond donors (Lipinski definition) is 1. The Bertz CT molecular complexity index is 704. The van der Waals surface area contributed by atoms with Crippen LogP contribution >= 0.6 is 0 Å². The van der Waals surface area contributed by atoms with Crippen molar-refractivity contribution >= 4 is 22.4 Å². The van der Waals surface area contributed by atoms with Crippen LogP contribution < -0.4 is 0 Å². The fraction of sp³-hybridized carbons (Fsp3) is 0.476. The summed E-state index contributed by atoms with van der Waals surface area (Å²) in [5.41, 5.74) is 3.01. The van der Waals surface area contributed by atoms with E-state index < -0.39 is 5.97 Å². The molecule has 1 heterocycles. The van der Waals surface area contributed by atoms with Crippen LogP contribution in [0.25, 0.3) is 16.5 Å². The summed E-state index contributed by atoms with van der Waals surface area (Å²) < 4.78 is 2.42. The molecule has 0 saturated heterocycles. The Morgan fingerprint density at radius 2 is 1.83 bits per heavy atom. The van der Waals surface area contributed by atoms with Gasteiger partial charge in [0, 0.05) is 29.2 Å². The van der Waals surface area contributed by atoms with E-state index in [9.17, 15) is 4.79 Å². The molecule has 0 aliphatic heterocycles. The second-order valence-corrected chi connectivity index (χ2v) is 6.60. The maximum atomic E-state index is 10.9.